The van der Waals surface area contributed by atoms with Gasteiger partial charge in [0.05, 0.1) is 6.61 Å². The maximum atomic E-state index is 6.11. The van der Waals surface area contributed by atoms with Gasteiger partial charge in [0.1, 0.15) is 5.75 Å². The van der Waals surface area contributed by atoms with Crippen LogP contribution in [0.25, 0.3) is 0 Å². The summed E-state index contributed by atoms with van der Waals surface area (Å²) in [5.74, 6) is 1.95. The lowest BCUT2D eigenvalue weighted by Crippen LogP contribution is -2.40. The Morgan fingerprint density at radius 1 is 1.29 bits per heavy atom. The van der Waals surface area contributed by atoms with Crippen LogP contribution in [0.5, 0.6) is 5.75 Å². The normalized spacial score (nSPS) is 26.5. The Bertz CT molecular complexity index is 480. The number of likely N-dealkylation sites (N-methyl/N-ethyl adjacent to an activating group) is 1. The lowest BCUT2D eigenvalue weighted by Gasteiger charge is -2.38. The zero-order valence-electron chi connectivity index (χ0n) is 13.3. The minimum Gasteiger partial charge on any atom is -0.493 e. The summed E-state index contributed by atoms with van der Waals surface area (Å²) in [5, 5.41) is 0. The van der Waals surface area contributed by atoms with Crippen molar-refractivity contribution < 1.29 is 4.74 Å². The van der Waals surface area contributed by atoms with Crippen molar-refractivity contribution in [2.24, 2.45) is 11.7 Å². The number of rotatable bonds is 4. The van der Waals surface area contributed by atoms with Crippen molar-refractivity contribution in [3.8, 4) is 5.75 Å². The molecule has 1 unspecified atom stereocenters. The van der Waals surface area contributed by atoms with Gasteiger partial charge in [-0.3, -0.25) is 4.90 Å². The molecule has 0 spiro atoms. The van der Waals surface area contributed by atoms with Crippen LogP contribution in [0.4, 0.5) is 0 Å². The molecule has 0 saturated heterocycles. The van der Waals surface area contributed by atoms with E-state index in [0.717, 1.165) is 24.7 Å². The lowest BCUT2D eigenvalue weighted by molar-refractivity contribution is 0.126. The molecule has 3 heteroatoms. The number of ether oxygens (including phenoxy) is 1. The highest BCUT2D eigenvalue weighted by atomic mass is 16.5. The molecule has 21 heavy (non-hydrogen) atoms. The van der Waals surface area contributed by atoms with Crippen LogP contribution in [0.3, 0.4) is 0 Å². The van der Waals surface area contributed by atoms with Crippen molar-refractivity contribution in [3.63, 3.8) is 0 Å². The molecule has 2 aliphatic rings. The Balaban J connectivity index is 1.74. The fourth-order valence-electron chi connectivity index (χ4n) is 3.86. The number of nitrogens with zero attached hydrogens (tertiary/aromatic N) is 1. The van der Waals surface area contributed by atoms with Crippen molar-refractivity contribution >= 4 is 0 Å². The molecule has 1 aromatic carbocycles. The van der Waals surface area contributed by atoms with E-state index in [1.165, 1.54) is 36.8 Å². The maximum absolute atomic E-state index is 6.11. The third-order valence-electron chi connectivity index (χ3n) is 5.37. The van der Waals surface area contributed by atoms with Crippen LogP contribution in [0, 0.1) is 5.92 Å². The first kappa shape index (κ1) is 14.9. The van der Waals surface area contributed by atoms with Gasteiger partial charge in [0.15, 0.2) is 0 Å². The van der Waals surface area contributed by atoms with Gasteiger partial charge in [-0.1, -0.05) is 19.1 Å². The zero-order chi connectivity index (χ0) is 14.8. The molecule has 1 aliphatic heterocycles. The van der Waals surface area contributed by atoms with Gasteiger partial charge >= 0.3 is 0 Å². The smallest absolute Gasteiger partial charge is 0.122 e. The Labute approximate surface area is 128 Å². The fraction of sp³-hybridized carbons (Fsp3) is 0.667. The molecule has 1 aliphatic carbocycles. The second-order valence-electron chi connectivity index (χ2n) is 6.80. The fourth-order valence-corrected chi connectivity index (χ4v) is 3.86. The van der Waals surface area contributed by atoms with Crippen molar-refractivity contribution in [1.82, 2.24) is 4.90 Å². The van der Waals surface area contributed by atoms with Crippen LogP contribution in [-0.4, -0.2) is 31.1 Å². The molecule has 3 nitrogen and oxygen atoms in total. The Morgan fingerprint density at radius 3 is 2.76 bits per heavy atom. The summed E-state index contributed by atoms with van der Waals surface area (Å²) in [6, 6.07) is 7.64. The quantitative estimate of drug-likeness (QED) is 0.925. The highest BCUT2D eigenvalue weighted by molar-refractivity contribution is 5.41. The summed E-state index contributed by atoms with van der Waals surface area (Å²) in [4.78, 5) is 2.52. The molecular weight excluding hydrogens is 260 g/mol. The summed E-state index contributed by atoms with van der Waals surface area (Å²) in [6.07, 6.45) is 6.35. The van der Waals surface area contributed by atoms with Gasteiger partial charge in [0.25, 0.3) is 0 Å². The predicted octanol–water partition coefficient (Wildman–Crippen LogP) is 3.13. The molecular formula is C18H28N2O. The largest absolute Gasteiger partial charge is 0.493 e. The molecule has 2 N–H and O–H groups in total. The van der Waals surface area contributed by atoms with E-state index in [1.54, 1.807) is 0 Å². The first-order chi connectivity index (χ1) is 10.2. The molecule has 0 radical (unpaired) electrons. The van der Waals surface area contributed by atoms with Crippen LogP contribution in [0.15, 0.2) is 18.2 Å². The number of benzene rings is 1. The summed E-state index contributed by atoms with van der Waals surface area (Å²) < 4.78 is 5.61. The first-order valence-electron chi connectivity index (χ1n) is 8.36. The maximum Gasteiger partial charge on any atom is 0.122 e. The van der Waals surface area contributed by atoms with Crippen molar-refractivity contribution in [2.75, 3.05) is 20.2 Å². The van der Waals surface area contributed by atoms with Crippen LogP contribution in [0.2, 0.25) is 0 Å². The predicted molar refractivity (Wildman–Crippen MR) is 86.6 cm³/mol. The minimum absolute atomic E-state index is 0.328. The molecule has 3 rings (SSSR count). The highest BCUT2D eigenvalue weighted by Crippen LogP contribution is 2.33. The molecule has 1 aromatic rings. The van der Waals surface area contributed by atoms with E-state index < -0.39 is 0 Å². The molecule has 1 fully saturated rings. The average molecular weight is 288 g/mol. The number of hydrogen-bond acceptors (Lipinski definition) is 3. The molecule has 1 heterocycles. The second kappa shape index (κ2) is 6.37. The number of hydrogen-bond donors (Lipinski definition) is 1. The minimum atomic E-state index is 0.328. The monoisotopic (exact) mass is 288 g/mol. The second-order valence-corrected chi connectivity index (χ2v) is 6.80. The number of nitrogens with two attached hydrogens (primary N) is 1. The SMILES string of the molecule is CC1CCC(N(C)C(CN)c2ccc3c(c2)CCO3)CC1. The zero-order valence-corrected chi connectivity index (χ0v) is 13.3. The molecule has 116 valence electrons. The van der Waals surface area contributed by atoms with Crippen molar-refractivity contribution in [1.29, 1.82) is 0 Å². The van der Waals surface area contributed by atoms with Gasteiger partial charge in [-0.15, -0.1) is 0 Å². The van der Waals surface area contributed by atoms with Crippen molar-refractivity contribution in [2.45, 2.75) is 51.1 Å². The van der Waals surface area contributed by atoms with Gasteiger partial charge in [-0.25, -0.2) is 0 Å². The van der Waals surface area contributed by atoms with Gasteiger partial charge in [-0.05, 0) is 55.8 Å². The highest BCUT2D eigenvalue weighted by Gasteiger charge is 2.27. The van der Waals surface area contributed by atoms with E-state index in [1.807, 2.05) is 0 Å². The van der Waals surface area contributed by atoms with Crippen LogP contribution in [-0.2, 0) is 6.42 Å². The van der Waals surface area contributed by atoms with E-state index in [0.29, 0.717) is 18.6 Å². The third-order valence-corrected chi connectivity index (χ3v) is 5.37. The van der Waals surface area contributed by atoms with Gasteiger partial charge in [-0.2, -0.15) is 0 Å². The van der Waals surface area contributed by atoms with Gasteiger partial charge in [0.2, 0.25) is 0 Å². The summed E-state index contributed by atoms with van der Waals surface area (Å²) in [7, 11) is 2.25. The third kappa shape index (κ3) is 3.09. The standard InChI is InChI=1S/C18H28N2O/c1-13-3-6-16(7-4-13)20(2)17(12-19)14-5-8-18-15(11-14)9-10-21-18/h5,8,11,13,16-17H,3-4,6-7,9-10,12,19H2,1-2H3. The van der Waals surface area contributed by atoms with Crippen molar-refractivity contribution in [3.05, 3.63) is 29.3 Å². The molecule has 1 atom stereocenters. The Kier molecular flexibility index (Phi) is 4.51. The van der Waals surface area contributed by atoms with Gasteiger partial charge < -0.3 is 10.5 Å². The average Bonchev–Trinajstić information content (AvgIpc) is 2.96. The number of fused-ring (bicyclic) bond motifs is 1. The summed E-state index contributed by atoms with van der Waals surface area (Å²) in [5.41, 5.74) is 8.81. The van der Waals surface area contributed by atoms with E-state index in [2.05, 4.69) is 37.1 Å². The van der Waals surface area contributed by atoms with E-state index >= 15 is 0 Å². The van der Waals surface area contributed by atoms with E-state index in [9.17, 15) is 0 Å². The summed E-state index contributed by atoms with van der Waals surface area (Å²) >= 11 is 0. The van der Waals surface area contributed by atoms with Crippen LogP contribution in [0.1, 0.15) is 49.8 Å². The molecule has 0 aromatic heterocycles. The van der Waals surface area contributed by atoms with Crippen LogP contribution < -0.4 is 10.5 Å². The van der Waals surface area contributed by atoms with Gasteiger partial charge in [0, 0.05) is 25.0 Å². The molecule has 0 amide bonds. The first-order valence-corrected chi connectivity index (χ1v) is 8.36. The molecule has 1 saturated carbocycles. The topological polar surface area (TPSA) is 38.5 Å². The Morgan fingerprint density at radius 2 is 2.05 bits per heavy atom. The lowest BCUT2D eigenvalue weighted by atomic mass is 9.85. The van der Waals surface area contributed by atoms with Crippen LogP contribution >= 0.6 is 0 Å². The Hall–Kier alpha value is -1.06. The summed E-state index contributed by atoms with van der Waals surface area (Å²) in [6.45, 7) is 3.88. The molecule has 0 bridgehead atoms. The van der Waals surface area contributed by atoms with E-state index in [-0.39, 0.29) is 0 Å². The van der Waals surface area contributed by atoms with E-state index in [4.69, 9.17) is 10.5 Å².